The van der Waals surface area contributed by atoms with Gasteiger partial charge in [0, 0.05) is 12.1 Å². The maximum Gasteiger partial charge on any atom is 0.354 e. The summed E-state index contributed by atoms with van der Waals surface area (Å²) in [6.45, 7) is 0.860. The molecule has 1 aliphatic heterocycles. The Morgan fingerprint density at radius 3 is 2.86 bits per heavy atom. The predicted molar refractivity (Wildman–Crippen MR) is 83.5 cm³/mol. The molecule has 1 unspecified atom stereocenters. The number of aromatic carboxylic acids is 1. The third-order valence-corrected chi connectivity index (χ3v) is 4.00. The number of hydrogen-bond donors (Lipinski definition) is 1. The fourth-order valence-electron chi connectivity index (χ4n) is 3.01. The van der Waals surface area contributed by atoms with Crippen molar-refractivity contribution < 1.29 is 14.6 Å². The number of nitrogens with zero attached hydrogens (tertiary/aromatic N) is 2. The highest BCUT2D eigenvalue weighted by atomic mass is 16.5. The molecule has 1 atom stereocenters. The number of methoxy groups -OCH3 is 1. The van der Waals surface area contributed by atoms with Crippen LogP contribution in [0.15, 0.2) is 42.5 Å². The SMILES string of the molecule is COc1ccccc1C1CCCN1c1cccc(C(=O)O)n1. The summed E-state index contributed by atoms with van der Waals surface area (Å²) in [5.74, 6) is 0.553. The average Bonchev–Trinajstić information content (AvgIpc) is 3.04. The largest absolute Gasteiger partial charge is 0.496 e. The third kappa shape index (κ3) is 2.62. The van der Waals surface area contributed by atoms with E-state index in [1.807, 2.05) is 24.3 Å². The van der Waals surface area contributed by atoms with E-state index in [2.05, 4.69) is 16.0 Å². The number of para-hydroxylation sites is 1. The fourth-order valence-corrected chi connectivity index (χ4v) is 3.01. The van der Waals surface area contributed by atoms with E-state index < -0.39 is 5.97 Å². The normalized spacial score (nSPS) is 17.5. The van der Waals surface area contributed by atoms with Crippen LogP contribution in [-0.4, -0.2) is 29.7 Å². The lowest BCUT2D eigenvalue weighted by atomic mass is 10.0. The van der Waals surface area contributed by atoms with E-state index in [0.717, 1.165) is 30.7 Å². The molecule has 1 N–H and O–H groups in total. The van der Waals surface area contributed by atoms with Gasteiger partial charge in [-0.15, -0.1) is 0 Å². The molecule has 22 heavy (non-hydrogen) atoms. The lowest BCUT2D eigenvalue weighted by molar-refractivity contribution is 0.0690. The van der Waals surface area contributed by atoms with E-state index in [9.17, 15) is 4.79 Å². The zero-order valence-electron chi connectivity index (χ0n) is 12.4. The van der Waals surface area contributed by atoms with Crippen LogP contribution in [0, 0.1) is 0 Å². The molecule has 3 rings (SSSR count). The van der Waals surface area contributed by atoms with Crippen LogP contribution >= 0.6 is 0 Å². The van der Waals surface area contributed by atoms with Gasteiger partial charge in [0.2, 0.25) is 0 Å². The first-order valence-electron chi connectivity index (χ1n) is 7.30. The summed E-state index contributed by atoms with van der Waals surface area (Å²) in [6, 6.07) is 13.2. The second kappa shape index (κ2) is 6.05. The Kier molecular flexibility index (Phi) is 3.96. The van der Waals surface area contributed by atoms with E-state index in [-0.39, 0.29) is 11.7 Å². The van der Waals surface area contributed by atoms with Crippen molar-refractivity contribution >= 4 is 11.8 Å². The monoisotopic (exact) mass is 298 g/mol. The van der Waals surface area contributed by atoms with Crippen LogP contribution in [0.4, 0.5) is 5.82 Å². The second-order valence-corrected chi connectivity index (χ2v) is 5.28. The maximum absolute atomic E-state index is 11.1. The Balaban J connectivity index is 1.96. The van der Waals surface area contributed by atoms with Gasteiger partial charge in [0.05, 0.1) is 13.2 Å². The number of carbonyl (C=O) groups is 1. The number of rotatable bonds is 4. The molecule has 0 spiro atoms. The van der Waals surface area contributed by atoms with Gasteiger partial charge in [-0.05, 0) is 31.0 Å². The van der Waals surface area contributed by atoms with Crippen LogP contribution in [0.5, 0.6) is 5.75 Å². The third-order valence-electron chi connectivity index (χ3n) is 4.00. The van der Waals surface area contributed by atoms with Crippen LogP contribution in [0.2, 0.25) is 0 Å². The standard InChI is InChI=1S/C17H18N2O3/c1-22-15-9-3-2-6-12(15)14-8-5-11-19(14)16-10-4-7-13(18-16)17(20)21/h2-4,6-7,9-10,14H,5,8,11H2,1H3,(H,20,21). The molecular weight excluding hydrogens is 280 g/mol. The van der Waals surface area contributed by atoms with Gasteiger partial charge in [-0.2, -0.15) is 0 Å². The minimum atomic E-state index is -1.00. The highest BCUT2D eigenvalue weighted by molar-refractivity contribution is 5.85. The van der Waals surface area contributed by atoms with Gasteiger partial charge in [0.25, 0.3) is 0 Å². The number of hydrogen-bond acceptors (Lipinski definition) is 4. The lowest BCUT2D eigenvalue weighted by Gasteiger charge is -2.27. The number of carboxylic acids is 1. The molecule has 2 aromatic rings. The first-order chi connectivity index (χ1) is 10.7. The molecule has 114 valence electrons. The highest BCUT2D eigenvalue weighted by Crippen LogP contribution is 2.39. The molecule has 0 saturated carbocycles. The van der Waals surface area contributed by atoms with Gasteiger partial charge in [-0.25, -0.2) is 9.78 Å². The van der Waals surface area contributed by atoms with Crippen molar-refractivity contribution in [3.63, 3.8) is 0 Å². The number of aromatic nitrogens is 1. The summed E-state index contributed by atoms with van der Waals surface area (Å²) in [7, 11) is 1.67. The summed E-state index contributed by atoms with van der Waals surface area (Å²) < 4.78 is 5.46. The van der Waals surface area contributed by atoms with Gasteiger partial charge in [0.15, 0.2) is 5.69 Å². The molecule has 1 aliphatic rings. The van der Waals surface area contributed by atoms with Crippen molar-refractivity contribution in [2.24, 2.45) is 0 Å². The molecule has 0 amide bonds. The zero-order chi connectivity index (χ0) is 15.5. The van der Waals surface area contributed by atoms with Crippen LogP contribution in [0.3, 0.4) is 0 Å². The Hall–Kier alpha value is -2.56. The van der Waals surface area contributed by atoms with Gasteiger partial charge in [-0.1, -0.05) is 24.3 Å². The molecule has 0 radical (unpaired) electrons. The van der Waals surface area contributed by atoms with E-state index in [1.54, 1.807) is 13.2 Å². The average molecular weight is 298 g/mol. The highest BCUT2D eigenvalue weighted by Gasteiger charge is 2.29. The lowest BCUT2D eigenvalue weighted by Crippen LogP contribution is -2.24. The molecule has 2 heterocycles. The summed E-state index contributed by atoms with van der Waals surface area (Å²) in [5, 5.41) is 9.12. The Morgan fingerprint density at radius 1 is 1.27 bits per heavy atom. The molecule has 0 bridgehead atoms. The molecule has 1 aromatic carbocycles. The van der Waals surface area contributed by atoms with Crippen molar-refractivity contribution in [2.45, 2.75) is 18.9 Å². The number of pyridine rings is 1. The Morgan fingerprint density at radius 2 is 2.09 bits per heavy atom. The summed E-state index contributed by atoms with van der Waals surface area (Å²) in [5.41, 5.74) is 1.19. The summed E-state index contributed by atoms with van der Waals surface area (Å²) >= 11 is 0. The van der Waals surface area contributed by atoms with E-state index in [0.29, 0.717) is 5.82 Å². The molecule has 1 fully saturated rings. The van der Waals surface area contributed by atoms with Gasteiger partial charge in [-0.3, -0.25) is 0 Å². The molecule has 1 aromatic heterocycles. The number of benzene rings is 1. The molecular formula is C17H18N2O3. The second-order valence-electron chi connectivity index (χ2n) is 5.28. The van der Waals surface area contributed by atoms with Crippen molar-refractivity contribution in [1.29, 1.82) is 0 Å². The first-order valence-corrected chi connectivity index (χ1v) is 7.30. The van der Waals surface area contributed by atoms with Crippen LogP contribution in [0.1, 0.15) is 34.9 Å². The molecule has 5 nitrogen and oxygen atoms in total. The molecule has 1 saturated heterocycles. The zero-order valence-corrected chi connectivity index (χ0v) is 12.4. The van der Waals surface area contributed by atoms with Crippen LogP contribution < -0.4 is 9.64 Å². The van der Waals surface area contributed by atoms with Crippen LogP contribution in [-0.2, 0) is 0 Å². The number of ether oxygens (including phenoxy) is 1. The minimum Gasteiger partial charge on any atom is -0.496 e. The molecule has 0 aliphatic carbocycles. The van der Waals surface area contributed by atoms with Crippen molar-refractivity contribution in [1.82, 2.24) is 4.98 Å². The smallest absolute Gasteiger partial charge is 0.354 e. The van der Waals surface area contributed by atoms with E-state index in [4.69, 9.17) is 9.84 Å². The van der Waals surface area contributed by atoms with Gasteiger partial charge >= 0.3 is 5.97 Å². The topological polar surface area (TPSA) is 62.7 Å². The fraction of sp³-hybridized carbons (Fsp3) is 0.294. The van der Waals surface area contributed by atoms with Crippen molar-refractivity contribution in [2.75, 3.05) is 18.6 Å². The van der Waals surface area contributed by atoms with Crippen molar-refractivity contribution in [3.8, 4) is 5.75 Å². The maximum atomic E-state index is 11.1. The van der Waals surface area contributed by atoms with E-state index >= 15 is 0 Å². The van der Waals surface area contributed by atoms with Crippen molar-refractivity contribution in [3.05, 3.63) is 53.7 Å². The van der Waals surface area contributed by atoms with Crippen LogP contribution in [0.25, 0.3) is 0 Å². The predicted octanol–water partition coefficient (Wildman–Crippen LogP) is 3.13. The Bertz CT molecular complexity index is 687. The van der Waals surface area contributed by atoms with Gasteiger partial charge in [0.1, 0.15) is 11.6 Å². The summed E-state index contributed by atoms with van der Waals surface area (Å²) in [4.78, 5) is 17.5. The van der Waals surface area contributed by atoms with E-state index in [1.165, 1.54) is 6.07 Å². The summed E-state index contributed by atoms with van der Waals surface area (Å²) in [6.07, 6.45) is 2.04. The van der Waals surface area contributed by atoms with Gasteiger partial charge < -0.3 is 14.7 Å². The number of anilines is 1. The molecule has 5 heteroatoms. The minimum absolute atomic E-state index is 0.0724. The quantitative estimate of drug-likeness (QED) is 0.939. The number of carboxylic acid groups (broad SMARTS) is 1. The Labute approximate surface area is 129 Å². The first kappa shape index (κ1) is 14.4.